The van der Waals surface area contributed by atoms with Gasteiger partial charge in [0.05, 0.1) is 5.02 Å². The van der Waals surface area contributed by atoms with Gasteiger partial charge >= 0.3 is 6.36 Å². The van der Waals surface area contributed by atoms with E-state index in [0.717, 1.165) is 16.9 Å². The summed E-state index contributed by atoms with van der Waals surface area (Å²) in [5.74, 6) is -0.664. The van der Waals surface area contributed by atoms with E-state index in [2.05, 4.69) is 25.5 Å². The van der Waals surface area contributed by atoms with Crippen molar-refractivity contribution in [3.05, 3.63) is 83.1 Å². The quantitative estimate of drug-likeness (QED) is 0.319. The standard InChI is InChI=1S/C23H16ClF4N5O3/c24-19-2-1-3-20(25)18(19)13-35-16-8-4-14(5-9-16)22-30-32-33(31-22)12-21(34)29-15-6-10-17(11-7-15)36-23(26,27)28/h1-11H,12-13H2,(H,29,34). The third-order valence-corrected chi connectivity index (χ3v) is 5.02. The molecule has 13 heteroatoms. The van der Waals surface area contributed by atoms with Crippen LogP contribution in [0.5, 0.6) is 11.5 Å². The summed E-state index contributed by atoms with van der Waals surface area (Å²) in [7, 11) is 0. The fourth-order valence-electron chi connectivity index (χ4n) is 3.02. The van der Waals surface area contributed by atoms with Gasteiger partial charge in [-0.1, -0.05) is 17.7 Å². The van der Waals surface area contributed by atoms with Gasteiger partial charge in [0.1, 0.15) is 30.5 Å². The van der Waals surface area contributed by atoms with Gasteiger partial charge in [0.15, 0.2) is 0 Å². The van der Waals surface area contributed by atoms with Crippen molar-refractivity contribution < 1.29 is 31.8 Å². The van der Waals surface area contributed by atoms with E-state index in [9.17, 15) is 22.4 Å². The predicted molar refractivity (Wildman–Crippen MR) is 121 cm³/mol. The summed E-state index contributed by atoms with van der Waals surface area (Å²) in [6.45, 7) is -0.328. The summed E-state index contributed by atoms with van der Waals surface area (Å²) < 4.78 is 59.9. The number of benzene rings is 3. The van der Waals surface area contributed by atoms with Gasteiger partial charge in [-0.3, -0.25) is 4.79 Å². The minimum atomic E-state index is -4.80. The Bertz CT molecular complexity index is 1330. The molecular weight excluding hydrogens is 506 g/mol. The number of ether oxygens (including phenoxy) is 2. The Morgan fingerprint density at radius 1 is 1.00 bits per heavy atom. The molecule has 1 aromatic heterocycles. The lowest BCUT2D eigenvalue weighted by Gasteiger charge is -2.09. The Morgan fingerprint density at radius 3 is 2.36 bits per heavy atom. The normalized spacial score (nSPS) is 11.2. The van der Waals surface area contributed by atoms with Gasteiger partial charge in [-0.2, -0.15) is 4.80 Å². The average molecular weight is 522 g/mol. The summed E-state index contributed by atoms with van der Waals surface area (Å²) in [4.78, 5) is 13.3. The lowest BCUT2D eigenvalue weighted by Crippen LogP contribution is -2.20. The second kappa shape index (κ2) is 10.6. The van der Waals surface area contributed by atoms with Crippen LogP contribution in [0.3, 0.4) is 0 Å². The first-order valence-electron chi connectivity index (χ1n) is 10.3. The Labute approximate surface area is 206 Å². The van der Waals surface area contributed by atoms with Crippen LogP contribution >= 0.6 is 11.6 Å². The monoisotopic (exact) mass is 521 g/mol. The predicted octanol–water partition coefficient (Wildman–Crippen LogP) is 5.25. The van der Waals surface area contributed by atoms with Crippen molar-refractivity contribution in [2.75, 3.05) is 5.32 Å². The second-order valence-electron chi connectivity index (χ2n) is 7.28. The Kier molecular flexibility index (Phi) is 7.34. The van der Waals surface area contributed by atoms with E-state index >= 15 is 0 Å². The molecule has 0 fully saturated rings. The van der Waals surface area contributed by atoms with E-state index in [-0.39, 0.29) is 35.2 Å². The van der Waals surface area contributed by atoms with Gasteiger partial charge in [-0.15, -0.1) is 23.4 Å². The van der Waals surface area contributed by atoms with Crippen LogP contribution in [0.4, 0.5) is 23.2 Å². The third-order valence-electron chi connectivity index (χ3n) is 4.67. The number of hydrogen-bond acceptors (Lipinski definition) is 6. The molecule has 3 aromatic carbocycles. The number of nitrogens with zero attached hydrogens (tertiary/aromatic N) is 4. The molecule has 0 bridgehead atoms. The second-order valence-corrected chi connectivity index (χ2v) is 7.68. The largest absolute Gasteiger partial charge is 0.573 e. The molecule has 0 saturated carbocycles. The number of amides is 1. The maximum atomic E-state index is 13.9. The molecule has 1 heterocycles. The van der Waals surface area contributed by atoms with Gasteiger partial charge in [0, 0.05) is 16.8 Å². The van der Waals surface area contributed by atoms with Crippen LogP contribution in [0.2, 0.25) is 5.02 Å². The maximum Gasteiger partial charge on any atom is 0.573 e. The van der Waals surface area contributed by atoms with Crippen molar-refractivity contribution in [3.63, 3.8) is 0 Å². The van der Waals surface area contributed by atoms with Crippen LogP contribution in [0, 0.1) is 5.82 Å². The summed E-state index contributed by atoms with van der Waals surface area (Å²) >= 11 is 6.00. The van der Waals surface area contributed by atoms with Gasteiger partial charge < -0.3 is 14.8 Å². The number of halogens is 5. The van der Waals surface area contributed by atoms with E-state index in [1.54, 1.807) is 30.3 Å². The maximum absolute atomic E-state index is 13.9. The SMILES string of the molecule is O=C(Cn1nnc(-c2ccc(OCc3c(F)cccc3Cl)cc2)n1)Nc1ccc(OC(F)(F)F)cc1. The summed E-state index contributed by atoms with van der Waals surface area (Å²) in [5, 5.41) is 14.7. The van der Waals surface area contributed by atoms with Crippen molar-refractivity contribution in [2.45, 2.75) is 19.5 Å². The molecule has 8 nitrogen and oxygen atoms in total. The van der Waals surface area contributed by atoms with E-state index in [0.29, 0.717) is 11.3 Å². The zero-order chi connectivity index (χ0) is 25.7. The molecule has 0 unspecified atom stereocenters. The van der Waals surface area contributed by atoms with Gasteiger partial charge in [0.25, 0.3) is 0 Å². The van der Waals surface area contributed by atoms with Crippen molar-refractivity contribution in [1.82, 2.24) is 20.2 Å². The van der Waals surface area contributed by atoms with E-state index in [4.69, 9.17) is 16.3 Å². The van der Waals surface area contributed by atoms with Crippen LogP contribution in [-0.2, 0) is 17.9 Å². The minimum absolute atomic E-state index is 0.0491. The minimum Gasteiger partial charge on any atom is -0.489 e. The van der Waals surface area contributed by atoms with Crippen molar-refractivity contribution in [3.8, 4) is 22.9 Å². The highest BCUT2D eigenvalue weighted by Crippen LogP contribution is 2.25. The number of carbonyl (C=O) groups is 1. The molecule has 1 N–H and O–H groups in total. The molecule has 0 aliphatic carbocycles. The summed E-state index contributed by atoms with van der Waals surface area (Å²) in [6, 6.07) is 15.7. The topological polar surface area (TPSA) is 91.2 Å². The third kappa shape index (κ3) is 6.69. The van der Waals surface area contributed by atoms with Gasteiger partial charge in [0.2, 0.25) is 11.7 Å². The van der Waals surface area contributed by atoms with E-state index in [1.165, 1.54) is 24.3 Å². The highest BCUT2D eigenvalue weighted by Gasteiger charge is 2.31. The van der Waals surface area contributed by atoms with Crippen LogP contribution in [0.1, 0.15) is 5.56 Å². The molecule has 4 rings (SSSR count). The van der Waals surface area contributed by atoms with Crippen LogP contribution in [-0.4, -0.2) is 32.5 Å². The zero-order valence-corrected chi connectivity index (χ0v) is 18.9. The number of hydrogen-bond donors (Lipinski definition) is 1. The summed E-state index contributed by atoms with van der Waals surface area (Å²) in [5.41, 5.74) is 1.11. The molecule has 0 aliphatic rings. The molecule has 186 valence electrons. The molecule has 0 radical (unpaired) electrons. The molecule has 36 heavy (non-hydrogen) atoms. The number of carbonyl (C=O) groups excluding carboxylic acids is 1. The molecule has 0 atom stereocenters. The van der Waals surface area contributed by atoms with Crippen molar-refractivity contribution in [1.29, 1.82) is 0 Å². The van der Waals surface area contributed by atoms with E-state index < -0.39 is 23.8 Å². The fourth-order valence-corrected chi connectivity index (χ4v) is 3.24. The highest BCUT2D eigenvalue weighted by atomic mass is 35.5. The van der Waals surface area contributed by atoms with Crippen LogP contribution in [0.25, 0.3) is 11.4 Å². The fraction of sp³-hybridized carbons (Fsp3) is 0.130. The Hall–Kier alpha value is -4.19. The zero-order valence-electron chi connectivity index (χ0n) is 18.2. The highest BCUT2D eigenvalue weighted by molar-refractivity contribution is 6.31. The first-order chi connectivity index (χ1) is 17.2. The number of rotatable bonds is 8. The smallest absolute Gasteiger partial charge is 0.489 e. The molecular formula is C23H16ClF4N5O3. The molecule has 0 aliphatic heterocycles. The first kappa shape index (κ1) is 24.9. The average Bonchev–Trinajstić information content (AvgIpc) is 3.28. The Balaban J connectivity index is 1.31. The lowest BCUT2D eigenvalue weighted by atomic mass is 10.2. The van der Waals surface area contributed by atoms with Crippen LogP contribution in [0.15, 0.2) is 66.7 Å². The van der Waals surface area contributed by atoms with Crippen molar-refractivity contribution in [2.24, 2.45) is 0 Å². The number of tetrazole rings is 1. The molecule has 4 aromatic rings. The van der Waals surface area contributed by atoms with Gasteiger partial charge in [-0.05, 0) is 65.9 Å². The van der Waals surface area contributed by atoms with Crippen molar-refractivity contribution >= 4 is 23.2 Å². The molecule has 0 saturated heterocycles. The molecule has 1 amide bonds. The number of nitrogens with one attached hydrogen (secondary N) is 1. The molecule has 0 spiro atoms. The lowest BCUT2D eigenvalue weighted by molar-refractivity contribution is -0.274. The number of anilines is 1. The Morgan fingerprint density at radius 2 is 1.69 bits per heavy atom. The van der Waals surface area contributed by atoms with Crippen LogP contribution < -0.4 is 14.8 Å². The summed E-state index contributed by atoms with van der Waals surface area (Å²) in [6.07, 6.45) is -4.80. The first-order valence-corrected chi connectivity index (χ1v) is 10.6. The van der Waals surface area contributed by atoms with E-state index in [1.807, 2.05) is 0 Å². The van der Waals surface area contributed by atoms with Gasteiger partial charge in [-0.25, -0.2) is 4.39 Å². The number of alkyl halides is 3. The number of aromatic nitrogens is 4.